The number of anilines is 1. The minimum absolute atomic E-state index is 0.0871. The second-order valence-corrected chi connectivity index (χ2v) is 12.6. The molecule has 2 heterocycles. The summed E-state index contributed by atoms with van der Waals surface area (Å²) in [5, 5.41) is 2.92. The van der Waals surface area contributed by atoms with Gasteiger partial charge in [0.05, 0.1) is 17.3 Å². The minimum atomic E-state index is -3.60. The van der Waals surface area contributed by atoms with E-state index >= 15 is 0 Å². The van der Waals surface area contributed by atoms with E-state index in [0.717, 1.165) is 38.2 Å². The summed E-state index contributed by atoms with van der Waals surface area (Å²) < 4.78 is 51.3. The molecular weight excluding hydrogens is 543 g/mol. The molecule has 5 rings (SSSR count). The lowest BCUT2D eigenvalue weighted by Gasteiger charge is -2.31. The van der Waals surface area contributed by atoms with Gasteiger partial charge in [0.15, 0.2) is 21.4 Å². The normalized spacial score (nSPS) is 16.9. The Hall–Kier alpha value is -3.53. The number of hydrogen-bond donors (Lipinski definition) is 1. The molecule has 0 radical (unpaired) electrons. The average molecular weight is 579 g/mol. The molecule has 1 amide bonds. The fraction of sp³-hybridized carbons (Fsp3) is 0.344. The molecule has 1 fully saturated rings. The number of amides is 1. The van der Waals surface area contributed by atoms with Crippen LogP contribution in [0.5, 0.6) is 5.75 Å². The van der Waals surface area contributed by atoms with Crippen molar-refractivity contribution in [2.45, 2.75) is 43.7 Å². The molecule has 0 unspecified atom stereocenters. The number of rotatable bonds is 8. The lowest BCUT2D eigenvalue weighted by Crippen LogP contribution is -2.36. The Bertz CT molecular complexity index is 1550. The molecule has 0 aromatic heterocycles. The van der Waals surface area contributed by atoms with Gasteiger partial charge < -0.3 is 14.8 Å². The topological polar surface area (TPSA) is 84.9 Å². The van der Waals surface area contributed by atoms with Gasteiger partial charge in [-0.15, -0.1) is 0 Å². The molecule has 0 aliphatic carbocycles. The summed E-state index contributed by atoms with van der Waals surface area (Å²) in [5.41, 5.74) is 3.78. The number of sulfone groups is 1. The van der Waals surface area contributed by atoms with Crippen LogP contribution in [0.4, 0.5) is 10.1 Å². The van der Waals surface area contributed by atoms with E-state index in [-0.39, 0.29) is 28.7 Å². The number of nitrogens with one attached hydrogen (secondary N) is 1. The van der Waals surface area contributed by atoms with Gasteiger partial charge in [0, 0.05) is 37.1 Å². The Morgan fingerprint density at radius 1 is 1.05 bits per heavy atom. The number of carbonyl (C=O) groups is 1. The molecule has 216 valence electrons. The first-order chi connectivity index (χ1) is 19.7. The van der Waals surface area contributed by atoms with Gasteiger partial charge in [-0.2, -0.15) is 0 Å². The van der Waals surface area contributed by atoms with Crippen LogP contribution in [0, 0.1) is 5.82 Å². The number of nitrogens with zero attached hydrogens (tertiary/aromatic N) is 1. The fourth-order valence-corrected chi connectivity index (χ4v) is 6.78. The molecule has 1 N–H and O–H groups in total. The molecule has 7 nitrogen and oxygen atoms in total. The van der Waals surface area contributed by atoms with Crippen LogP contribution >= 0.6 is 0 Å². The predicted octanol–water partition coefficient (Wildman–Crippen LogP) is 5.70. The summed E-state index contributed by atoms with van der Waals surface area (Å²) in [6.07, 6.45) is 3.76. The van der Waals surface area contributed by atoms with Gasteiger partial charge in [0.1, 0.15) is 0 Å². The van der Waals surface area contributed by atoms with E-state index in [0.29, 0.717) is 40.6 Å². The van der Waals surface area contributed by atoms with Gasteiger partial charge in [-0.1, -0.05) is 24.3 Å². The van der Waals surface area contributed by atoms with Crippen molar-refractivity contribution < 1.29 is 27.1 Å². The van der Waals surface area contributed by atoms with Crippen LogP contribution in [0.2, 0.25) is 0 Å². The number of halogens is 1. The van der Waals surface area contributed by atoms with Gasteiger partial charge in [-0.25, -0.2) is 12.8 Å². The molecule has 0 atom stereocenters. The maximum absolute atomic E-state index is 14.5. The largest absolute Gasteiger partial charge is 0.491 e. The van der Waals surface area contributed by atoms with Crippen molar-refractivity contribution in [1.82, 2.24) is 4.90 Å². The zero-order valence-electron chi connectivity index (χ0n) is 23.4. The van der Waals surface area contributed by atoms with E-state index in [9.17, 15) is 17.6 Å². The second-order valence-electron chi connectivity index (χ2n) is 10.5. The van der Waals surface area contributed by atoms with E-state index in [2.05, 4.69) is 17.3 Å². The van der Waals surface area contributed by atoms with Gasteiger partial charge in [-0.3, -0.25) is 9.69 Å². The third kappa shape index (κ3) is 6.86. The first kappa shape index (κ1) is 29.0. The summed E-state index contributed by atoms with van der Waals surface area (Å²) >= 11 is 0. The maximum Gasteiger partial charge on any atom is 0.251 e. The van der Waals surface area contributed by atoms with Crippen LogP contribution in [0.25, 0.3) is 17.2 Å². The number of fused-ring (bicyclic) bond motifs is 1. The monoisotopic (exact) mass is 578 g/mol. The van der Waals surface area contributed by atoms with Gasteiger partial charge in [0.25, 0.3) is 5.91 Å². The summed E-state index contributed by atoms with van der Waals surface area (Å²) in [7, 11) is -1.49. The highest BCUT2D eigenvalue weighted by Crippen LogP contribution is 2.32. The van der Waals surface area contributed by atoms with Crippen molar-refractivity contribution in [2.24, 2.45) is 0 Å². The van der Waals surface area contributed by atoms with Crippen LogP contribution in [-0.2, 0) is 25.9 Å². The first-order valence-electron chi connectivity index (χ1n) is 13.9. The number of ether oxygens (including phenoxy) is 2. The molecule has 2 aliphatic rings. The van der Waals surface area contributed by atoms with Crippen LogP contribution in [0.15, 0.2) is 71.1 Å². The van der Waals surface area contributed by atoms with E-state index < -0.39 is 15.7 Å². The Kier molecular flexibility index (Phi) is 8.87. The third-order valence-corrected chi connectivity index (χ3v) is 9.41. The molecule has 3 aromatic carbocycles. The number of benzene rings is 3. The lowest BCUT2D eigenvalue weighted by atomic mass is 10.0. The molecule has 0 bridgehead atoms. The Morgan fingerprint density at radius 2 is 1.76 bits per heavy atom. The SMILES string of the molecule is CCOc1ccc(-c2ccc3c(c2)C=C(C(=O)Nc2ccc(CN(C)C4CCOCC4)cc2)CCS3(=O)=O)cc1F. The van der Waals surface area contributed by atoms with E-state index in [4.69, 9.17) is 9.47 Å². The van der Waals surface area contributed by atoms with E-state index in [1.54, 1.807) is 37.3 Å². The van der Waals surface area contributed by atoms with Gasteiger partial charge in [0.2, 0.25) is 0 Å². The molecular formula is C32H35FN2O5S. The van der Waals surface area contributed by atoms with Crippen molar-refractivity contribution in [1.29, 1.82) is 0 Å². The Morgan fingerprint density at radius 3 is 2.46 bits per heavy atom. The highest BCUT2D eigenvalue weighted by molar-refractivity contribution is 7.91. The maximum atomic E-state index is 14.5. The van der Waals surface area contributed by atoms with Crippen molar-refractivity contribution in [2.75, 3.05) is 37.9 Å². The summed E-state index contributed by atoms with van der Waals surface area (Å²) in [4.78, 5) is 15.7. The second kappa shape index (κ2) is 12.5. The molecule has 41 heavy (non-hydrogen) atoms. The van der Waals surface area contributed by atoms with Gasteiger partial charge >= 0.3 is 0 Å². The van der Waals surface area contributed by atoms with Crippen LogP contribution in [0.3, 0.4) is 0 Å². The molecule has 0 spiro atoms. The Balaban J connectivity index is 1.33. The lowest BCUT2D eigenvalue weighted by molar-refractivity contribution is -0.112. The highest BCUT2D eigenvalue weighted by atomic mass is 32.2. The summed E-state index contributed by atoms with van der Waals surface area (Å²) in [6, 6.07) is 17.7. The number of carbonyl (C=O) groups excluding carboxylic acids is 1. The smallest absolute Gasteiger partial charge is 0.251 e. The minimum Gasteiger partial charge on any atom is -0.491 e. The molecule has 3 aromatic rings. The van der Waals surface area contributed by atoms with Crippen molar-refractivity contribution in [3.63, 3.8) is 0 Å². The average Bonchev–Trinajstić information content (AvgIpc) is 3.11. The standard InChI is InChI=1S/C32H35FN2O5S/c1-3-40-30-10-6-24(20-29(30)33)23-7-11-31-26(18-23)19-25(14-17-41(31,37)38)32(36)34-27-8-4-22(5-9-27)21-35(2)28-12-15-39-16-13-28/h4-11,18-20,28H,3,12-17,21H2,1-2H3,(H,34,36). The van der Waals surface area contributed by atoms with Crippen LogP contribution in [0.1, 0.15) is 37.3 Å². The zero-order valence-corrected chi connectivity index (χ0v) is 24.2. The summed E-state index contributed by atoms with van der Waals surface area (Å²) in [5.74, 6) is -0.860. The molecule has 0 saturated carbocycles. The van der Waals surface area contributed by atoms with Gasteiger partial charge in [-0.05, 0) is 98.0 Å². The van der Waals surface area contributed by atoms with E-state index in [1.165, 1.54) is 12.1 Å². The van der Waals surface area contributed by atoms with Crippen molar-refractivity contribution >= 4 is 27.5 Å². The van der Waals surface area contributed by atoms with Crippen LogP contribution < -0.4 is 10.1 Å². The van der Waals surface area contributed by atoms with E-state index in [1.807, 2.05) is 24.3 Å². The first-order valence-corrected chi connectivity index (χ1v) is 15.6. The summed E-state index contributed by atoms with van der Waals surface area (Å²) in [6.45, 7) is 4.52. The fourth-order valence-electron chi connectivity index (χ4n) is 5.32. The predicted molar refractivity (Wildman–Crippen MR) is 158 cm³/mol. The number of hydrogen-bond acceptors (Lipinski definition) is 6. The third-order valence-electron chi connectivity index (χ3n) is 7.63. The zero-order chi connectivity index (χ0) is 29.0. The Labute approximate surface area is 240 Å². The molecule has 2 aliphatic heterocycles. The van der Waals surface area contributed by atoms with Crippen LogP contribution in [-0.4, -0.2) is 57.9 Å². The van der Waals surface area contributed by atoms with Crippen molar-refractivity contribution in [3.8, 4) is 16.9 Å². The molecule has 1 saturated heterocycles. The quantitative estimate of drug-likeness (QED) is 0.369. The van der Waals surface area contributed by atoms with Crippen molar-refractivity contribution in [3.05, 3.63) is 83.2 Å². The molecule has 9 heteroatoms. The highest BCUT2D eigenvalue weighted by Gasteiger charge is 2.25.